The number of nitrogens with one attached hydrogen (secondary N) is 1. The maximum absolute atomic E-state index is 11.8. The van der Waals surface area contributed by atoms with E-state index in [1.807, 2.05) is 10.6 Å². The summed E-state index contributed by atoms with van der Waals surface area (Å²) in [6.07, 6.45) is 5.06. The van der Waals surface area contributed by atoms with Gasteiger partial charge in [0.2, 0.25) is 5.91 Å². The van der Waals surface area contributed by atoms with Gasteiger partial charge in [0.25, 0.3) is 0 Å². The van der Waals surface area contributed by atoms with Crippen molar-refractivity contribution < 1.29 is 4.79 Å². The van der Waals surface area contributed by atoms with Crippen LogP contribution in [0, 0.1) is 0 Å². The number of imidazole rings is 1. The molecule has 0 saturated heterocycles. The molecule has 1 N–H and O–H groups in total. The minimum absolute atomic E-state index is 0.0910. The maximum atomic E-state index is 11.8. The van der Waals surface area contributed by atoms with Crippen molar-refractivity contribution in [2.45, 2.75) is 38.3 Å². The largest absolute Gasteiger partial charge is 0.353 e. The Morgan fingerprint density at radius 2 is 2.33 bits per heavy atom. The summed E-state index contributed by atoms with van der Waals surface area (Å²) in [6.45, 7) is 0.579. The molecule has 3 rings (SSSR count). The number of amides is 1. The van der Waals surface area contributed by atoms with E-state index >= 15 is 0 Å². The van der Waals surface area contributed by atoms with E-state index in [2.05, 4.69) is 31.2 Å². The van der Waals surface area contributed by atoms with Gasteiger partial charge in [0, 0.05) is 42.0 Å². The van der Waals surface area contributed by atoms with Crippen LogP contribution in [0.1, 0.15) is 25.1 Å². The summed E-state index contributed by atoms with van der Waals surface area (Å²) < 4.78 is 2.89. The van der Waals surface area contributed by atoms with Crippen LogP contribution in [0.5, 0.6) is 0 Å². The maximum Gasteiger partial charge on any atom is 0.222 e. The molecular weight excluding hydrogens is 356 g/mol. The van der Waals surface area contributed by atoms with Gasteiger partial charge in [0.15, 0.2) is 5.65 Å². The molecule has 21 heavy (non-hydrogen) atoms. The minimum Gasteiger partial charge on any atom is -0.353 e. The van der Waals surface area contributed by atoms with Gasteiger partial charge >= 0.3 is 0 Å². The normalized spacial score (nSPS) is 14.6. The quantitative estimate of drug-likeness (QED) is 0.794. The van der Waals surface area contributed by atoms with Gasteiger partial charge in [-0.25, -0.2) is 9.97 Å². The van der Waals surface area contributed by atoms with Crippen molar-refractivity contribution in [1.29, 1.82) is 0 Å². The molecule has 1 amide bonds. The Labute approximate surface area is 136 Å². The Hall–Kier alpha value is -1.14. The van der Waals surface area contributed by atoms with Gasteiger partial charge in [-0.15, -0.1) is 11.6 Å². The van der Waals surface area contributed by atoms with Crippen LogP contribution in [0.15, 0.2) is 16.7 Å². The molecule has 5 nitrogen and oxygen atoms in total. The fourth-order valence-electron chi connectivity index (χ4n) is 2.28. The predicted molar refractivity (Wildman–Crippen MR) is 85.4 cm³/mol. The molecule has 0 aliphatic heterocycles. The molecule has 2 aromatic rings. The first kappa shape index (κ1) is 14.8. The second kappa shape index (κ2) is 6.32. The number of fused-ring (bicyclic) bond motifs is 1. The zero-order chi connectivity index (χ0) is 14.8. The van der Waals surface area contributed by atoms with Gasteiger partial charge in [-0.3, -0.25) is 4.79 Å². The van der Waals surface area contributed by atoms with Gasteiger partial charge in [-0.05, 0) is 34.8 Å². The molecule has 0 atom stereocenters. The van der Waals surface area contributed by atoms with Crippen molar-refractivity contribution in [2.24, 2.45) is 0 Å². The Balaban J connectivity index is 1.80. The molecule has 0 radical (unpaired) electrons. The second-order valence-corrected chi connectivity index (χ2v) is 6.50. The number of hydrogen-bond acceptors (Lipinski definition) is 3. The van der Waals surface area contributed by atoms with Crippen LogP contribution in [0.25, 0.3) is 11.2 Å². The topological polar surface area (TPSA) is 59.8 Å². The molecule has 7 heteroatoms. The molecule has 0 bridgehead atoms. The smallest absolute Gasteiger partial charge is 0.222 e. The second-order valence-electron chi connectivity index (χ2n) is 5.21. The average Bonchev–Trinajstić information content (AvgIpc) is 3.18. The van der Waals surface area contributed by atoms with Gasteiger partial charge in [-0.2, -0.15) is 0 Å². The summed E-state index contributed by atoms with van der Waals surface area (Å²) in [5.41, 5.74) is 1.63. The molecule has 1 aliphatic rings. The molecule has 0 aromatic carbocycles. The van der Waals surface area contributed by atoms with Crippen molar-refractivity contribution in [2.75, 3.05) is 5.88 Å². The van der Waals surface area contributed by atoms with Gasteiger partial charge < -0.3 is 9.88 Å². The molecule has 0 spiro atoms. The number of nitrogens with zero attached hydrogens (tertiary/aromatic N) is 3. The monoisotopic (exact) mass is 370 g/mol. The summed E-state index contributed by atoms with van der Waals surface area (Å²) >= 11 is 9.24. The van der Waals surface area contributed by atoms with Crippen molar-refractivity contribution in [3.05, 3.63) is 22.6 Å². The van der Waals surface area contributed by atoms with Crippen LogP contribution in [0.3, 0.4) is 0 Å². The highest BCUT2D eigenvalue weighted by Crippen LogP contribution is 2.21. The van der Waals surface area contributed by atoms with Crippen LogP contribution < -0.4 is 5.32 Å². The van der Waals surface area contributed by atoms with Crippen LogP contribution in [-0.2, 0) is 17.8 Å². The summed E-state index contributed by atoms with van der Waals surface area (Å²) in [6, 6.07) is 2.33. The zero-order valence-corrected chi connectivity index (χ0v) is 13.8. The Morgan fingerprint density at radius 3 is 3.05 bits per heavy atom. The predicted octanol–water partition coefficient (Wildman–Crippen LogP) is 2.64. The van der Waals surface area contributed by atoms with Crippen LogP contribution in [-0.4, -0.2) is 32.4 Å². The van der Waals surface area contributed by atoms with Crippen molar-refractivity contribution in [3.63, 3.8) is 0 Å². The highest BCUT2D eigenvalue weighted by Gasteiger charge is 2.23. The SMILES string of the molecule is O=C(CCn1c(CCCl)nc2cc(Br)cnc21)NC1CC1. The number of rotatable bonds is 6. The van der Waals surface area contributed by atoms with Gasteiger partial charge in [-0.1, -0.05) is 0 Å². The number of alkyl halides is 1. The lowest BCUT2D eigenvalue weighted by atomic mass is 10.3. The lowest BCUT2D eigenvalue weighted by Crippen LogP contribution is -2.26. The summed E-state index contributed by atoms with van der Waals surface area (Å²) in [5.74, 6) is 1.47. The summed E-state index contributed by atoms with van der Waals surface area (Å²) in [4.78, 5) is 20.8. The van der Waals surface area contributed by atoms with Crippen LogP contribution >= 0.6 is 27.5 Å². The van der Waals surface area contributed by atoms with E-state index in [1.165, 1.54) is 0 Å². The molecule has 2 aromatic heterocycles. The number of halogens is 2. The lowest BCUT2D eigenvalue weighted by Gasteiger charge is -2.08. The minimum atomic E-state index is 0.0910. The fraction of sp³-hybridized carbons (Fsp3) is 0.500. The number of pyridine rings is 1. The van der Waals surface area contributed by atoms with Crippen molar-refractivity contribution in [3.8, 4) is 0 Å². The Kier molecular flexibility index (Phi) is 4.45. The van der Waals surface area contributed by atoms with E-state index in [1.54, 1.807) is 6.20 Å². The van der Waals surface area contributed by atoms with Crippen molar-refractivity contribution >= 4 is 44.6 Å². The molecule has 112 valence electrons. The lowest BCUT2D eigenvalue weighted by molar-refractivity contribution is -0.121. The van der Waals surface area contributed by atoms with E-state index in [-0.39, 0.29) is 5.91 Å². The van der Waals surface area contributed by atoms with Crippen molar-refractivity contribution in [1.82, 2.24) is 19.9 Å². The average molecular weight is 372 g/mol. The van der Waals surface area contributed by atoms with E-state index < -0.39 is 0 Å². The molecule has 0 unspecified atom stereocenters. The Bertz CT molecular complexity index is 668. The highest BCUT2D eigenvalue weighted by molar-refractivity contribution is 9.10. The summed E-state index contributed by atoms with van der Waals surface area (Å²) in [5, 5.41) is 3.00. The number of carbonyl (C=O) groups is 1. The van der Waals surface area contributed by atoms with E-state index in [4.69, 9.17) is 11.6 Å². The molecule has 1 aliphatic carbocycles. The molecule has 1 fully saturated rings. The zero-order valence-electron chi connectivity index (χ0n) is 11.5. The molecule has 2 heterocycles. The van der Waals surface area contributed by atoms with Crippen LogP contribution in [0.2, 0.25) is 0 Å². The number of hydrogen-bond donors (Lipinski definition) is 1. The van der Waals surface area contributed by atoms with Crippen LogP contribution in [0.4, 0.5) is 0 Å². The third-order valence-corrected chi connectivity index (χ3v) is 4.08. The van der Waals surface area contributed by atoms with E-state index in [0.717, 1.165) is 34.3 Å². The first-order valence-corrected chi connectivity index (χ1v) is 8.36. The number of aryl methyl sites for hydroxylation is 2. The van der Waals surface area contributed by atoms with E-state index in [0.29, 0.717) is 31.3 Å². The first-order valence-electron chi connectivity index (χ1n) is 7.03. The third-order valence-electron chi connectivity index (χ3n) is 3.45. The standard InChI is InChI=1S/C14H16BrClN4O/c15-9-7-11-14(17-8-9)20(12(19-11)3-5-16)6-4-13(21)18-10-1-2-10/h7-8,10H,1-6H2,(H,18,21). The Morgan fingerprint density at radius 1 is 1.52 bits per heavy atom. The summed E-state index contributed by atoms with van der Waals surface area (Å²) in [7, 11) is 0. The molecular formula is C14H16BrClN4O. The molecule has 1 saturated carbocycles. The highest BCUT2D eigenvalue weighted by atomic mass is 79.9. The van der Waals surface area contributed by atoms with E-state index in [9.17, 15) is 4.79 Å². The number of carbonyl (C=O) groups excluding carboxylic acids is 1. The number of aromatic nitrogens is 3. The van der Waals surface area contributed by atoms with Gasteiger partial charge in [0.05, 0.1) is 0 Å². The van der Waals surface area contributed by atoms with Gasteiger partial charge in [0.1, 0.15) is 11.3 Å². The third kappa shape index (κ3) is 3.55. The first-order chi connectivity index (χ1) is 10.2. The fourth-order valence-corrected chi connectivity index (χ4v) is 2.77.